The highest BCUT2D eigenvalue weighted by Crippen LogP contribution is 2.51. The first-order valence-corrected chi connectivity index (χ1v) is 9.40. The zero-order valence-electron chi connectivity index (χ0n) is 16.8. The first-order valence-electron chi connectivity index (χ1n) is 9.40. The number of aromatic nitrogens is 2. The summed E-state index contributed by atoms with van der Waals surface area (Å²) in [5.41, 5.74) is 0.281. The number of amides is 2. The Balaban J connectivity index is 2.17. The average molecular weight is 376 g/mol. The molecule has 0 radical (unpaired) electrons. The van der Waals surface area contributed by atoms with Crippen molar-refractivity contribution in [2.24, 2.45) is 17.8 Å². The molecule has 8 heteroatoms. The number of methoxy groups -OCH3 is 1. The summed E-state index contributed by atoms with van der Waals surface area (Å²) >= 11 is 0. The molecule has 0 unspecified atom stereocenters. The number of likely N-dealkylation sites (tertiary alicyclic amines) is 1. The Morgan fingerprint density at radius 3 is 2.52 bits per heavy atom. The van der Waals surface area contributed by atoms with Crippen molar-refractivity contribution in [1.82, 2.24) is 20.2 Å². The number of carbonyl (C=O) groups excluding carboxylic acids is 3. The highest BCUT2D eigenvalue weighted by molar-refractivity contribution is 6.09. The lowest BCUT2D eigenvalue weighted by molar-refractivity contribution is -0.154. The molecule has 4 atom stereocenters. The van der Waals surface area contributed by atoms with Crippen molar-refractivity contribution in [3.63, 3.8) is 0 Å². The molecule has 1 aromatic rings. The summed E-state index contributed by atoms with van der Waals surface area (Å²) in [7, 11) is 2.79. The van der Waals surface area contributed by atoms with E-state index >= 15 is 0 Å². The number of nitrogens with zero attached hydrogens (tertiary/aromatic N) is 2. The standard InChI is InChI=1S/C19H28N4O4/c1-7-11-20-10(4)14(21-11)15-12-13(17(25)23(5)16(12)24)19(22-15,8-9(2)3)18(26)27-6/h9,12-13,15,22H,7-8H2,1-6H3,(H,20,21)/t12-,13-,15+,19-/m0/s1. The van der Waals surface area contributed by atoms with Crippen molar-refractivity contribution >= 4 is 17.8 Å². The van der Waals surface area contributed by atoms with Gasteiger partial charge in [-0.1, -0.05) is 20.8 Å². The zero-order chi connectivity index (χ0) is 20.1. The predicted molar refractivity (Wildman–Crippen MR) is 97.5 cm³/mol. The summed E-state index contributed by atoms with van der Waals surface area (Å²) in [6.45, 7) is 7.84. The number of carbonyl (C=O) groups is 3. The van der Waals surface area contributed by atoms with Gasteiger partial charge >= 0.3 is 5.97 Å². The Morgan fingerprint density at radius 1 is 1.33 bits per heavy atom. The van der Waals surface area contributed by atoms with E-state index in [2.05, 4.69) is 15.3 Å². The fraction of sp³-hybridized carbons (Fsp3) is 0.684. The van der Waals surface area contributed by atoms with Crippen LogP contribution in [0.3, 0.4) is 0 Å². The summed E-state index contributed by atoms with van der Waals surface area (Å²) in [6, 6.07) is -0.522. The number of aromatic amines is 1. The van der Waals surface area contributed by atoms with Gasteiger partial charge in [0.2, 0.25) is 11.8 Å². The Hall–Kier alpha value is -2.22. The molecule has 0 spiro atoms. The van der Waals surface area contributed by atoms with E-state index in [4.69, 9.17) is 4.74 Å². The van der Waals surface area contributed by atoms with Crippen LogP contribution in [-0.4, -0.2) is 52.3 Å². The fourth-order valence-corrected chi connectivity index (χ4v) is 4.67. The second-order valence-electron chi connectivity index (χ2n) is 7.97. The topological polar surface area (TPSA) is 104 Å². The van der Waals surface area contributed by atoms with E-state index in [1.807, 2.05) is 27.7 Å². The molecule has 27 heavy (non-hydrogen) atoms. The number of ether oxygens (including phenoxy) is 1. The van der Waals surface area contributed by atoms with Crippen LogP contribution in [0.1, 0.15) is 50.4 Å². The van der Waals surface area contributed by atoms with E-state index in [-0.39, 0.29) is 17.7 Å². The molecule has 3 heterocycles. The molecule has 2 amide bonds. The Morgan fingerprint density at radius 2 is 2.00 bits per heavy atom. The Kier molecular flexibility index (Phi) is 4.88. The largest absolute Gasteiger partial charge is 0.468 e. The lowest BCUT2D eigenvalue weighted by Crippen LogP contribution is -2.56. The number of nitrogens with one attached hydrogen (secondary N) is 2. The van der Waals surface area contributed by atoms with Crippen molar-refractivity contribution in [3.8, 4) is 0 Å². The Bertz CT molecular complexity index is 787. The average Bonchev–Trinajstić information content (AvgIpc) is 3.23. The minimum absolute atomic E-state index is 0.122. The van der Waals surface area contributed by atoms with Gasteiger partial charge in [-0.15, -0.1) is 0 Å². The van der Waals surface area contributed by atoms with E-state index < -0.39 is 29.4 Å². The molecule has 2 N–H and O–H groups in total. The van der Waals surface area contributed by atoms with Gasteiger partial charge in [0, 0.05) is 19.2 Å². The number of hydrogen-bond acceptors (Lipinski definition) is 6. The van der Waals surface area contributed by atoms with Crippen molar-refractivity contribution in [1.29, 1.82) is 0 Å². The van der Waals surface area contributed by atoms with E-state index in [1.165, 1.54) is 14.2 Å². The first-order chi connectivity index (χ1) is 12.7. The third kappa shape index (κ3) is 2.77. The van der Waals surface area contributed by atoms with Gasteiger partial charge in [0.1, 0.15) is 11.4 Å². The maximum Gasteiger partial charge on any atom is 0.326 e. The summed E-state index contributed by atoms with van der Waals surface area (Å²) in [5, 5.41) is 3.34. The molecule has 148 valence electrons. The Labute approximate surface area is 159 Å². The third-order valence-corrected chi connectivity index (χ3v) is 5.76. The number of esters is 1. The smallest absolute Gasteiger partial charge is 0.326 e. The molecule has 2 aliphatic heterocycles. The monoisotopic (exact) mass is 376 g/mol. The minimum Gasteiger partial charge on any atom is -0.468 e. The molecular weight excluding hydrogens is 348 g/mol. The van der Waals surface area contributed by atoms with Crippen LogP contribution in [0.15, 0.2) is 0 Å². The molecule has 0 saturated carbocycles. The van der Waals surface area contributed by atoms with Crippen LogP contribution in [0.2, 0.25) is 0 Å². The number of H-pyrrole nitrogens is 1. The number of rotatable bonds is 5. The van der Waals surface area contributed by atoms with Crippen LogP contribution in [0.5, 0.6) is 0 Å². The van der Waals surface area contributed by atoms with Crippen LogP contribution in [-0.2, 0) is 25.5 Å². The molecule has 1 aromatic heterocycles. The number of imidazole rings is 1. The van der Waals surface area contributed by atoms with Crippen LogP contribution in [0.25, 0.3) is 0 Å². The lowest BCUT2D eigenvalue weighted by Gasteiger charge is -2.33. The third-order valence-electron chi connectivity index (χ3n) is 5.76. The number of aryl methyl sites for hydroxylation is 2. The van der Waals surface area contributed by atoms with Gasteiger partial charge in [0.25, 0.3) is 0 Å². The SMILES string of the molecule is CCc1nc([C@@H]2N[C@](CC(C)C)(C(=O)OC)[C@@H]3C(=O)N(C)C(=O)[C@@H]32)c(C)[nH]1. The van der Waals surface area contributed by atoms with E-state index in [1.54, 1.807) is 0 Å². The maximum absolute atomic E-state index is 13.0. The maximum atomic E-state index is 13.0. The van der Waals surface area contributed by atoms with E-state index in [9.17, 15) is 14.4 Å². The zero-order valence-corrected chi connectivity index (χ0v) is 16.8. The predicted octanol–water partition coefficient (Wildman–Crippen LogP) is 1.11. The fourth-order valence-electron chi connectivity index (χ4n) is 4.67. The molecule has 2 saturated heterocycles. The minimum atomic E-state index is -1.24. The number of fused-ring (bicyclic) bond motifs is 1. The summed E-state index contributed by atoms with van der Waals surface area (Å²) < 4.78 is 5.09. The van der Waals surface area contributed by atoms with Crippen LogP contribution in [0, 0.1) is 24.7 Å². The molecule has 3 rings (SSSR count). The quantitative estimate of drug-likeness (QED) is 0.589. The first kappa shape index (κ1) is 19.5. The van der Waals surface area contributed by atoms with Gasteiger partial charge in [-0.05, 0) is 19.3 Å². The van der Waals surface area contributed by atoms with Gasteiger partial charge in [-0.3, -0.25) is 24.6 Å². The van der Waals surface area contributed by atoms with E-state index in [0.29, 0.717) is 12.1 Å². The second kappa shape index (κ2) is 6.74. The summed E-state index contributed by atoms with van der Waals surface area (Å²) in [4.78, 5) is 47.8. The molecule has 2 aliphatic rings. The summed E-state index contributed by atoms with van der Waals surface area (Å²) in [6.07, 6.45) is 1.12. The van der Waals surface area contributed by atoms with E-state index in [0.717, 1.165) is 22.8 Å². The lowest BCUT2D eigenvalue weighted by atomic mass is 9.75. The highest BCUT2D eigenvalue weighted by Gasteiger charge is 2.68. The van der Waals surface area contributed by atoms with Crippen LogP contribution < -0.4 is 5.32 Å². The van der Waals surface area contributed by atoms with Gasteiger partial charge in [-0.25, -0.2) is 4.98 Å². The number of hydrogen-bond donors (Lipinski definition) is 2. The highest BCUT2D eigenvalue weighted by atomic mass is 16.5. The molecule has 0 aliphatic carbocycles. The summed E-state index contributed by atoms with van der Waals surface area (Å²) in [5.74, 6) is -1.66. The van der Waals surface area contributed by atoms with Gasteiger partial charge < -0.3 is 9.72 Å². The molecule has 2 fully saturated rings. The molecule has 0 bridgehead atoms. The van der Waals surface area contributed by atoms with Crippen molar-refractivity contribution in [3.05, 3.63) is 17.2 Å². The van der Waals surface area contributed by atoms with Gasteiger partial charge in [-0.2, -0.15) is 0 Å². The van der Waals surface area contributed by atoms with Crippen LogP contribution in [0.4, 0.5) is 0 Å². The van der Waals surface area contributed by atoms with Gasteiger partial charge in [0.15, 0.2) is 0 Å². The second-order valence-corrected chi connectivity index (χ2v) is 7.97. The van der Waals surface area contributed by atoms with Gasteiger partial charge in [0.05, 0.1) is 30.7 Å². The molecular formula is C19H28N4O4. The van der Waals surface area contributed by atoms with Crippen molar-refractivity contribution < 1.29 is 19.1 Å². The van der Waals surface area contributed by atoms with Crippen molar-refractivity contribution in [2.75, 3.05) is 14.2 Å². The number of imide groups is 1. The normalized spacial score (nSPS) is 30.3. The van der Waals surface area contributed by atoms with Crippen LogP contribution >= 0.6 is 0 Å². The molecule has 0 aromatic carbocycles. The van der Waals surface area contributed by atoms with Crippen molar-refractivity contribution in [2.45, 2.75) is 52.1 Å². The molecule has 8 nitrogen and oxygen atoms in total.